The normalized spacial score (nSPS) is 14.1. The van der Waals surface area contributed by atoms with Gasteiger partial charge in [0.05, 0.1) is 24.4 Å². The maximum atomic E-state index is 14.1. The van der Waals surface area contributed by atoms with Gasteiger partial charge in [-0.15, -0.1) is 0 Å². The molecule has 0 unspecified atom stereocenters. The van der Waals surface area contributed by atoms with Crippen molar-refractivity contribution < 1.29 is 33.4 Å². The van der Waals surface area contributed by atoms with Crippen molar-refractivity contribution in [1.82, 2.24) is 9.13 Å². The molecule has 0 fully saturated rings. The van der Waals surface area contributed by atoms with E-state index in [0.717, 1.165) is 0 Å². The molecule has 0 saturated carbocycles. The van der Waals surface area contributed by atoms with Crippen LogP contribution in [0.5, 0.6) is 0 Å². The van der Waals surface area contributed by atoms with Gasteiger partial charge in [0.1, 0.15) is 4.90 Å². The number of aromatic nitrogens is 2. The number of esters is 1. The third kappa shape index (κ3) is 7.14. The largest absolute Gasteiger partial charge is 0.465 e. The molecule has 2 aromatic rings. The highest BCUT2D eigenvalue weighted by atomic mass is 32.5. The zero-order valence-electron chi connectivity index (χ0n) is 17.9. The van der Waals surface area contributed by atoms with Crippen LogP contribution in [0.25, 0.3) is 5.69 Å². The molecule has 0 aliphatic heterocycles. The van der Waals surface area contributed by atoms with Gasteiger partial charge in [0, 0.05) is 6.54 Å². The summed E-state index contributed by atoms with van der Waals surface area (Å²) in [5.41, 5.74) is -2.54. The molecule has 1 heterocycles. The minimum absolute atomic E-state index is 0.1000. The van der Waals surface area contributed by atoms with E-state index in [1.807, 2.05) is 0 Å². The standard InChI is InChI=1S/C20H24F6N2O4S/c1-14(2)19(30)32-12-6-4-3-5-11-27-18(29)17(21)13-28(20(27)31)15-7-9-16(10-8-15)33(22,23,24,25)26/h7-10,13-14H,3-6,11-12H2,1-2H3. The van der Waals surface area contributed by atoms with Crippen LogP contribution in [0, 0.1) is 11.7 Å². The lowest BCUT2D eigenvalue weighted by Crippen LogP contribution is -2.40. The third-order valence-electron chi connectivity index (χ3n) is 4.68. The molecule has 13 heteroatoms. The number of hydrogen-bond donors (Lipinski definition) is 0. The number of halogens is 6. The highest BCUT2D eigenvalue weighted by molar-refractivity contribution is 8.45. The fraction of sp³-hybridized carbons (Fsp3) is 0.450. The van der Waals surface area contributed by atoms with E-state index < -0.39 is 32.2 Å². The van der Waals surface area contributed by atoms with Gasteiger partial charge in [-0.25, -0.2) is 4.79 Å². The monoisotopic (exact) mass is 502 g/mol. The molecule has 0 aliphatic carbocycles. The molecular weight excluding hydrogens is 478 g/mol. The van der Waals surface area contributed by atoms with Gasteiger partial charge in [0.15, 0.2) is 0 Å². The van der Waals surface area contributed by atoms with Gasteiger partial charge in [-0.1, -0.05) is 39.7 Å². The highest BCUT2D eigenvalue weighted by Gasteiger charge is 2.65. The molecule has 0 atom stereocenters. The molecule has 0 aliphatic rings. The van der Waals surface area contributed by atoms with Crippen molar-refractivity contribution in [1.29, 1.82) is 0 Å². The average molecular weight is 502 g/mol. The number of benzene rings is 1. The molecular formula is C20H24F6N2O4S. The first-order valence-electron chi connectivity index (χ1n) is 10.0. The molecule has 0 amide bonds. The van der Waals surface area contributed by atoms with Crippen molar-refractivity contribution in [3.05, 3.63) is 57.1 Å². The second-order valence-electron chi connectivity index (χ2n) is 7.79. The van der Waals surface area contributed by atoms with Crippen LogP contribution in [-0.2, 0) is 16.1 Å². The first-order chi connectivity index (χ1) is 15.0. The highest BCUT2D eigenvalue weighted by Crippen LogP contribution is 3.02. The van der Waals surface area contributed by atoms with E-state index in [2.05, 4.69) is 0 Å². The predicted molar refractivity (Wildman–Crippen MR) is 112 cm³/mol. The summed E-state index contributed by atoms with van der Waals surface area (Å²) in [5.74, 6) is -1.89. The first-order valence-corrected chi connectivity index (χ1v) is 12.0. The van der Waals surface area contributed by atoms with Crippen molar-refractivity contribution in [3.8, 4) is 5.69 Å². The number of carbonyl (C=O) groups excluding carboxylic acids is 1. The Morgan fingerprint density at radius 3 is 2.09 bits per heavy atom. The summed E-state index contributed by atoms with van der Waals surface area (Å²) in [6.07, 6.45) is 2.50. The molecule has 0 spiro atoms. The lowest BCUT2D eigenvalue weighted by Gasteiger charge is -2.40. The lowest BCUT2D eigenvalue weighted by atomic mass is 10.2. The van der Waals surface area contributed by atoms with E-state index in [0.29, 0.717) is 53.1 Å². The molecule has 0 bridgehead atoms. The van der Waals surface area contributed by atoms with Gasteiger partial charge in [0.2, 0.25) is 5.82 Å². The molecule has 186 valence electrons. The van der Waals surface area contributed by atoms with Crippen LogP contribution >= 0.6 is 10.2 Å². The Labute approximate surface area is 185 Å². The number of carbonyl (C=O) groups is 1. The second-order valence-corrected chi connectivity index (χ2v) is 10.2. The Hall–Kier alpha value is -2.70. The molecule has 33 heavy (non-hydrogen) atoms. The fourth-order valence-corrected chi connectivity index (χ4v) is 3.53. The predicted octanol–water partition coefficient (Wildman–Crippen LogP) is 5.56. The third-order valence-corrected chi connectivity index (χ3v) is 5.84. The average Bonchev–Trinajstić information content (AvgIpc) is 2.70. The van der Waals surface area contributed by atoms with Crippen molar-refractivity contribution in [2.45, 2.75) is 51.0 Å². The van der Waals surface area contributed by atoms with Crippen LogP contribution in [0.4, 0.5) is 23.8 Å². The van der Waals surface area contributed by atoms with Crippen LogP contribution in [0.15, 0.2) is 44.9 Å². The molecule has 0 radical (unpaired) electrons. The van der Waals surface area contributed by atoms with Gasteiger partial charge in [-0.05, 0) is 43.5 Å². The van der Waals surface area contributed by atoms with Crippen molar-refractivity contribution >= 4 is 16.2 Å². The summed E-state index contributed by atoms with van der Waals surface area (Å²) in [4.78, 5) is 33.8. The maximum absolute atomic E-state index is 14.1. The lowest BCUT2D eigenvalue weighted by molar-refractivity contribution is -0.147. The van der Waals surface area contributed by atoms with E-state index in [-0.39, 0.29) is 42.9 Å². The van der Waals surface area contributed by atoms with E-state index in [1.165, 1.54) is 0 Å². The van der Waals surface area contributed by atoms with Crippen LogP contribution in [0.3, 0.4) is 0 Å². The molecule has 2 rings (SSSR count). The van der Waals surface area contributed by atoms with E-state index in [1.54, 1.807) is 13.8 Å². The molecule has 1 aromatic carbocycles. The Morgan fingerprint density at radius 2 is 1.55 bits per heavy atom. The minimum Gasteiger partial charge on any atom is -0.465 e. The molecule has 0 saturated heterocycles. The molecule has 1 aromatic heterocycles. The number of hydrogen-bond acceptors (Lipinski definition) is 4. The van der Waals surface area contributed by atoms with Crippen LogP contribution in [-0.4, -0.2) is 21.7 Å². The van der Waals surface area contributed by atoms with Gasteiger partial charge >= 0.3 is 21.9 Å². The van der Waals surface area contributed by atoms with Crippen LogP contribution in [0.2, 0.25) is 0 Å². The van der Waals surface area contributed by atoms with E-state index in [4.69, 9.17) is 4.74 Å². The van der Waals surface area contributed by atoms with Gasteiger partial charge < -0.3 is 4.74 Å². The Kier molecular flexibility index (Phi) is 7.17. The summed E-state index contributed by atoms with van der Waals surface area (Å²) < 4.78 is 84.6. The maximum Gasteiger partial charge on any atom is 0.335 e. The van der Waals surface area contributed by atoms with Crippen LogP contribution < -0.4 is 11.2 Å². The van der Waals surface area contributed by atoms with Gasteiger partial charge in [0.25, 0.3) is 5.56 Å². The summed E-state index contributed by atoms with van der Waals surface area (Å²) in [6.45, 7) is 3.46. The Morgan fingerprint density at radius 1 is 0.970 bits per heavy atom. The van der Waals surface area contributed by atoms with Gasteiger partial charge in [-0.2, -0.15) is 4.39 Å². The summed E-state index contributed by atoms with van der Waals surface area (Å²) in [5, 5.41) is 0. The van der Waals surface area contributed by atoms with Crippen LogP contribution in [0.1, 0.15) is 39.5 Å². The Bertz CT molecular complexity index is 1130. The summed E-state index contributed by atoms with van der Waals surface area (Å²) in [7, 11) is -9.90. The Balaban J connectivity index is 2.11. The van der Waals surface area contributed by atoms with Crippen molar-refractivity contribution in [3.63, 3.8) is 0 Å². The summed E-state index contributed by atoms with van der Waals surface area (Å²) in [6, 6.07) is 1.40. The topological polar surface area (TPSA) is 70.3 Å². The van der Waals surface area contributed by atoms with Crippen molar-refractivity contribution in [2.24, 2.45) is 5.92 Å². The van der Waals surface area contributed by atoms with E-state index >= 15 is 0 Å². The first kappa shape index (κ1) is 26.6. The number of rotatable bonds is 10. The zero-order valence-corrected chi connectivity index (χ0v) is 18.7. The fourth-order valence-electron chi connectivity index (χ4n) is 2.88. The molecule has 6 nitrogen and oxygen atoms in total. The van der Waals surface area contributed by atoms with E-state index in [9.17, 15) is 38.2 Å². The van der Waals surface area contributed by atoms with Crippen molar-refractivity contribution in [2.75, 3.05) is 6.61 Å². The smallest absolute Gasteiger partial charge is 0.335 e. The van der Waals surface area contributed by atoms with Gasteiger partial charge in [-0.3, -0.25) is 18.7 Å². The number of nitrogens with zero attached hydrogens (tertiary/aromatic N) is 2. The minimum atomic E-state index is -9.90. The SMILES string of the molecule is CC(C)C(=O)OCCCCCCn1c(=O)c(F)cn(-c2ccc(S(F)(F)(F)(F)F)cc2)c1=O. The second kappa shape index (κ2) is 8.92. The quantitative estimate of drug-likeness (QED) is 0.243. The number of ether oxygens (including phenoxy) is 1. The summed E-state index contributed by atoms with van der Waals surface area (Å²) >= 11 is 0. The number of unbranched alkanes of at least 4 members (excludes halogenated alkanes) is 3. The zero-order chi connectivity index (χ0) is 25.1. The molecule has 0 N–H and O–H groups in total.